The topological polar surface area (TPSA) is 71.2 Å². The van der Waals surface area contributed by atoms with Crippen LogP contribution in [0.4, 0.5) is 0 Å². The summed E-state index contributed by atoms with van der Waals surface area (Å²) in [6.07, 6.45) is 2.62. The molecular weight excluding hydrogens is 160 g/mol. The van der Waals surface area contributed by atoms with Crippen molar-refractivity contribution < 1.29 is 14.8 Å². The lowest BCUT2D eigenvalue weighted by molar-refractivity contribution is -0.129. The lowest BCUT2D eigenvalue weighted by Crippen LogP contribution is -2.13. The molecule has 0 bridgehead atoms. The standard InChI is InChI=1S/C7H10N2O3/c1-8-12-9-6(7(10)11)4-5-2-3-5/h5H,1-4H2,(H,10,11)/b9-6+. The maximum Gasteiger partial charge on any atom is 0.353 e. The van der Waals surface area contributed by atoms with E-state index < -0.39 is 5.97 Å². The number of carbonyl (C=O) groups is 1. The van der Waals surface area contributed by atoms with Gasteiger partial charge >= 0.3 is 5.97 Å². The predicted octanol–water partition coefficient (Wildman–Crippen LogP) is 0.859. The molecule has 66 valence electrons. The van der Waals surface area contributed by atoms with E-state index in [0.29, 0.717) is 12.3 Å². The Morgan fingerprint density at radius 2 is 2.33 bits per heavy atom. The Balaban J connectivity index is 2.45. The predicted molar refractivity (Wildman–Crippen MR) is 43.0 cm³/mol. The number of nitrogens with zero attached hydrogens (tertiary/aromatic N) is 2. The van der Waals surface area contributed by atoms with Crippen LogP contribution in [0.1, 0.15) is 19.3 Å². The minimum absolute atomic E-state index is 0.0184. The molecule has 0 radical (unpaired) electrons. The van der Waals surface area contributed by atoms with Crippen LogP contribution in [-0.4, -0.2) is 23.5 Å². The van der Waals surface area contributed by atoms with Crippen LogP contribution in [-0.2, 0) is 9.73 Å². The Morgan fingerprint density at radius 3 is 2.75 bits per heavy atom. The minimum Gasteiger partial charge on any atom is -0.477 e. The second-order valence-electron chi connectivity index (χ2n) is 2.70. The number of carboxylic acid groups (broad SMARTS) is 1. The van der Waals surface area contributed by atoms with Crippen molar-refractivity contribution in [1.29, 1.82) is 0 Å². The first kappa shape index (κ1) is 8.70. The molecule has 1 saturated carbocycles. The van der Waals surface area contributed by atoms with Gasteiger partial charge in [-0.25, -0.2) is 9.73 Å². The van der Waals surface area contributed by atoms with Crippen LogP contribution in [0.3, 0.4) is 0 Å². The van der Waals surface area contributed by atoms with Gasteiger partial charge in [0.1, 0.15) is 0 Å². The summed E-state index contributed by atoms with van der Waals surface area (Å²) in [7, 11) is 0. The Bertz CT molecular complexity index is 221. The van der Waals surface area contributed by atoms with Gasteiger partial charge < -0.3 is 5.11 Å². The number of oxime groups is 2. The van der Waals surface area contributed by atoms with Crippen molar-refractivity contribution in [3.8, 4) is 0 Å². The molecule has 1 aliphatic rings. The largest absolute Gasteiger partial charge is 0.477 e. The third-order valence-corrected chi connectivity index (χ3v) is 1.63. The molecule has 1 aliphatic carbocycles. The molecule has 0 amide bonds. The van der Waals surface area contributed by atoms with Crippen molar-refractivity contribution in [2.75, 3.05) is 0 Å². The summed E-state index contributed by atoms with van der Waals surface area (Å²) in [6, 6.07) is 0. The molecule has 0 aromatic rings. The molecule has 0 aliphatic heterocycles. The van der Waals surface area contributed by atoms with Gasteiger partial charge in [0, 0.05) is 13.1 Å². The van der Waals surface area contributed by atoms with Crippen LogP contribution < -0.4 is 0 Å². The second kappa shape index (κ2) is 3.85. The maximum absolute atomic E-state index is 10.5. The third kappa shape index (κ3) is 2.69. The lowest BCUT2D eigenvalue weighted by Gasteiger charge is -1.95. The molecule has 0 saturated heterocycles. The van der Waals surface area contributed by atoms with Crippen molar-refractivity contribution in [2.24, 2.45) is 16.2 Å². The molecule has 1 rings (SSSR count). The average molecular weight is 170 g/mol. The summed E-state index contributed by atoms with van der Waals surface area (Å²) in [5.74, 6) is -0.584. The summed E-state index contributed by atoms with van der Waals surface area (Å²) >= 11 is 0. The Labute approximate surface area is 69.7 Å². The fraction of sp³-hybridized carbons (Fsp3) is 0.571. The van der Waals surface area contributed by atoms with Crippen LogP contribution in [0.5, 0.6) is 0 Å². The third-order valence-electron chi connectivity index (χ3n) is 1.63. The zero-order valence-corrected chi connectivity index (χ0v) is 6.56. The molecule has 5 heteroatoms. The molecule has 12 heavy (non-hydrogen) atoms. The van der Waals surface area contributed by atoms with Gasteiger partial charge in [0.2, 0.25) is 0 Å². The molecule has 0 heterocycles. The van der Waals surface area contributed by atoms with Crippen LogP contribution >= 0.6 is 0 Å². The highest BCUT2D eigenvalue weighted by Gasteiger charge is 2.26. The van der Waals surface area contributed by atoms with Gasteiger partial charge in [0.05, 0.1) is 0 Å². The van der Waals surface area contributed by atoms with Gasteiger partial charge in [-0.1, -0.05) is 5.16 Å². The van der Waals surface area contributed by atoms with Crippen molar-refractivity contribution in [3.63, 3.8) is 0 Å². The Morgan fingerprint density at radius 1 is 1.67 bits per heavy atom. The summed E-state index contributed by atoms with van der Waals surface area (Å²) in [5.41, 5.74) is 0.0184. The quantitative estimate of drug-likeness (QED) is 0.491. The van der Waals surface area contributed by atoms with Gasteiger partial charge in [-0.05, 0) is 23.9 Å². The minimum atomic E-state index is -1.05. The number of hydrogen-bond donors (Lipinski definition) is 1. The SMILES string of the molecule is C=NO/N=C(\CC1CC1)C(=O)O. The highest BCUT2D eigenvalue weighted by atomic mass is 16.8. The first-order chi connectivity index (χ1) is 5.74. The normalized spacial score (nSPS) is 17.2. The highest BCUT2D eigenvalue weighted by molar-refractivity contribution is 6.35. The van der Waals surface area contributed by atoms with E-state index in [2.05, 4.69) is 22.0 Å². The fourth-order valence-corrected chi connectivity index (χ4v) is 0.837. The molecule has 5 nitrogen and oxygen atoms in total. The van der Waals surface area contributed by atoms with Gasteiger partial charge in [0.25, 0.3) is 0 Å². The van der Waals surface area contributed by atoms with Gasteiger partial charge in [0.15, 0.2) is 5.71 Å². The van der Waals surface area contributed by atoms with Crippen LogP contribution in [0.2, 0.25) is 0 Å². The summed E-state index contributed by atoms with van der Waals surface area (Å²) in [5, 5.41) is 14.9. The molecule has 0 unspecified atom stereocenters. The zero-order valence-electron chi connectivity index (χ0n) is 6.56. The first-order valence-corrected chi connectivity index (χ1v) is 3.66. The number of hydrogen-bond acceptors (Lipinski definition) is 4. The van der Waals surface area contributed by atoms with Gasteiger partial charge in [-0.2, -0.15) is 0 Å². The van der Waals surface area contributed by atoms with E-state index in [4.69, 9.17) is 5.11 Å². The van der Waals surface area contributed by atoms with E-state index >= 15 is 0 Å². The molecule has 0 aromatic heterocycles. The number of aliphatic carboxylic acids is 1. The molecule has 0 spiro atoms. The van der Waals surface area contributed by atoms with E-state index in [-0.39, 0.29) is 5.71 Å². The molecule has 0 aromatic carbocycles. The fourth-order valence-electron chi connectivity index (χ4n) is 0.837. The molecule has 1 fully saturated rings. The first-order valence-electron chi connectivity index (χ1n) is 3.66. The number of rotatable bonds is 5. The van der Waals surface area contributed by atoms with Crippen LogP contribution in [0.15, 0.2) is 10.3 Å². The smallest absolute Gasteiger partial charge is 0.353 e. The average Bonchev–Trinajstić information content (AvgIpc) is 2.80. The number of carboxylic acids is 1. The van der Waals surface area contributed by atoms with Gasteiger partial charge in [-0.15, -0.1) is 0 Å². The van der Waals surface area contributed by atoms with Crippen molar-refractivity contribution in [1.82, 2.24) is 0 Å². The Kier molecular flexibility index (Phi) is 2.79. The van der Waals surface area contributed by atoms with Crippen molar-refractivity contribution >= 4 is 18.4 Å². The monoisotopic (exact) mass is 170 g/mol. The summed E-state index contributed by atoms with van der Waals surface area (Å²) < 4.78 is 0. The van der Waals surface area contributed by atoms with Crippen molar-refractivity contribution in [2.45, 2.75) is 19.3 Å². The zero-order chi connectivity index (χ0) is 8.97. The van der Waals surface area contributed by atoms with E-state index in [1.54, 1.807) is 0 Å². The molecule has 1 N–H and O–H groups in total. The summed E-state index contributed by atoms with van der Waals surface area (Å²) in [4.78, 5) is 14.7. The highest BCUT2D eigenvalue weighted by Crippen LogP contribution is 2.32. The Hall–Kier alpha value is -1.39. The van der Waals surface area contributed by atoms with Crippen molar-refractivity contribution in [3.05, 3.63) is 0 Å². The maximum atomic E-state index is 10.5. The van der Waals surface area contributed by atoms with E-state index in [1.165, 1.54) is 0 Å². The van der Waals surface area contributed by atoms with Crippen LogP contribution in [0.25, 0.3) is 0 Å². The van der Waals surface area contributed by atoms with E-state index in [9.17, 15) is 4.79 Å². The van der Waals surface area contributed by atoms with E-state index in [1.807, 2.05) is 0 Å². The molecular formula is C7H10N2O3. The lowest BCUT2D eigenvalue weighted by atomic mass is 10.2. The van der Waals surface area contributed by atoms with Crippen LogP contribution in [0, 0.1) is 5.92 Å². The second-order valence-corrected chi connectivity index (χ2v) is 2.70. The van der Waals surface area contributed by atoms with Gasteiger partial charge in [-0.3, -0.25) is 0 Å². The van der Waals surface area contributed by atoms with E-state index in [0.717, 1.165) is 12.8 Å². The molecule has 0 atom stereocenters. The summed E-state index contributed by atoms with van der Waals surface area (Å²) in [6.45, 7) is 3.01.